The number of hydrogen-bond donors (Lipinski definition) is 3. The summed E-state index contributed by atoms with van der Waals surface area (Å²) in [6.07, 6.45) is 2.43. The summed E-state index contributed by atoms with van der Waals surface area (Å²) in [5.74, 6) is -1.51. The number of fused-ring (bicyclic) bond motifs is 1. The van der Waals surface area contributed by atoms with Crippen LogP contribution in [0.25, 0.3) is 10.8 Å². The van der Waals surface area contributed by atoms with Crippen LogP contribution in [-0.2, 0) is 34.4 Å². The zero-order valence-electron chi connectivity index (χ0n) is 32.5. The predicted octanol–water partition coefficient (Wildman–Crippen LogP) is 3.92. The Kier molecular flexibility index (Phi) is 11.3. The number of anilines is 1. The highest BCUT2D eigenvalue weighted by atomic mass is 35.5. The minimum atomic E-state index is -3.89. The van der Waals surface area contributed by atoms with E-state index in [1.807, 2.05) is 27.7 Å². The van der Waals surface area contributed by atoms with Gasteiger partial charge in [-0.15, -0.1) is 0 Å². The lowest BCUT2D eigenvalue weighted by Crippen LogP contribution is -2.58. The van der Waals surface area contributed by atoms with E-state index >= 15 is 0 Å². The molecule has 2 saturated carbocycles. The molecule has 18 heteroatoms. The molecule has 1 aliphatic heterocycles. The second-order valence-electron chi connectivity index (χ2n) is 16.0. The Labute approximate surface area is 332 Å². The first-order valence-electron chi connectivity index (χ1n) is 18.5. The molecule has 3 fully saturated rings. The van der Waals surface area contributed by atoms with E-state index < -0.39 is 72.2 Å². The first-order valence-corrected chi connectivity index (χ1v) is 21.8. The molecule has 3 N–H and O–H groups in total. The molecule has 1 unspecified atom stereocenters. The van der Waals surface area contributed by atoms with Crippen molar-refractivity contribution in [1.82, 2.24) is 24.2 Å². The number of hydrogen-bond acceptors (Lipinski definition) is 11. The third-order valence-corrected chi connectivity index (χ3v) is 14.6. The number of ether oxygens (including phenoxy) is 2. The lowest BCUT2D eigenvalue weighted by Gasteiger charge is -2.36. The lowest BCUT2D eigenvalue weighted by molar-refractivity contribution is -0.141. The van der Waals surface area contributed by atoms with Gasteiger partial charge in [-0.05, 0) is 67.0 Å². The van der Waals surface area contributed by atoms with E-state index in [0.717, 1.165) is 4.31 Å². The lowest BCUT2D eigenvalue weighted by atomic mass is 9.85. The number of aromatic nitrogens is 1. The van der Waals surface area contributed by atoms with Crippen molar-refractivity contribution < 1.29 is 40.7 Å². The molecule has 0 bridgehead atoms. The van der Waals surface area contributed by atoms with E-state index in [2.05, 4.69) is 20.3 Å². The fourth-order valence-corrected chi connectivity index (χ4v) is 9.67. The van der Waals surface area contributed by atoms with Crippen LogP contribution >= 0.6 is 11.6 Å². The Bertz CT molecular complexity index is 2260. The van der Waals surface area contributed by atoms with Gasteiger partial charge in [0.05, 0.1) is 30.0 Å². The summed E-state index contributed by atoms with van der Waals surface area (Å²) in [5.41, 5.74) is -1.86. The third-order valence-electron chi connectivity index (χ3n) is 10.7. The standard InChI is InChI=1S/C38H49ClN6O9S2/c1-8-22-19-38(22,36(48)43-55(49,50)26-13-14-26)42-33(46)30-18-25(54-34-29-16-23(39)12-15-28(29)31(53-7)20-40-34)21-45(30)35(47)32(37(2,3)4)41-24-10-9-11-27(17-24)56(51,52)44(5)6/h9-12,15-17,20,22,25-26,30,32,41H,8,13-14,18-19,21H2,1-7H3,(H,42,46)(H,43,48)/t22-,25-,30+,32?,38-/m1/s1. The third kappa shape index (κ3) is 8.27. The van der Waals surface area contributed by atoms with Crippen LogP contribution in [0.3, 0.4) is 0 Å². The van der Waals surface area contributed by atoms with E-state index in [1.54, 1.807) is 30.3 Å². The number of rotatable bonds is 14. The fourth-order valence-electron chi connectivity index (χ4n) is 7.19. The van der Waals surface area contributed by atoms with Gasteiger partial charge in [0.25, 0.3) is 5.91 Å². The van der Waals surface area contributed by atoms with E-state index in [9.17, 15) is 31.2 Å². The van der Waals surface area contributed by atoms with Crippen molar-refractivity contribution >= 4 is 65.8 Å². The number of amides is 3. The van der Waals surface area contributed by atoms with Gasteiger partial charge in [-0.3, -0.25) is 19.1 Å². The molecule has 3 amide bonds. The molecule has 1 aromatic heterocycles. The van der Waals surface area contributed by atoms with Gasteiger partial charge in [0.2, 0.25) is 37.7 Å². The van der Waals surface area contributed by atoms with Gasteiger partial charge in [0, 0.05) is 42.0 Å². The predicted molar refractivity (Wildman–Crippen MR) is 211 cm³/mol. The SMILES string of the molecule is CC[C@@H]1C[C@]1(NC(=O)[C@@H]1C[C@@H](Oc2ncc(OC)c3ccc(Cl)cc23)CN1C(=O)C(Nc1cccc(S(=O)(=O)N(C)C)c1)C(C)(C)C)C(=O)NS(=O)(=O)C1CC1. The van der Waals surface area contributed by atoms with Crippen LogP contribution in [0.4, 0.5) is 5.69 Å². The maximum absolute atomic E-state index is 14.8. The van der Waals surface area contributed by atoms with Gasteiger partial charge in [-0.2, -0.15) is 0 Å². The van der Waals surface area contributed by atoms with E-state index in [0.29, 0.717) is 46.5 Å². The number of carbonyl (C=O) groups excluding carboxylic acids is 3. The molecule has 0 spiro atoms. The summed E-state index contributed by atoms with van der Waals surface area (Å²) in [4.78, 5) is 48.8. The highest BCUT2D eigenvalue weighted by Gasteiger charge is 2.62. The molecule has 3 aliphatic rings. The van der Waals surface area contributed by atoms with E-state index in [1.165, 1.54) is 44.4 Å². The van der Waals surface area contributed by atoms with E-state index in [-0.39, 0.29) is 36.1 Å². The first-order chi connectivity index (χ1) is 26.2. The Hall–Kier alpha value is -4.19. The highest BCUT2D eigenvalue weighted by Crippen LogP contribution is 2.47. The minimum absolute atomic E-state index is 0.00955. The maximum atomic E-state index is 14.8. The number of likely N-dealkylation sites (tertiary alicyclic amines) is 1. The number of nitrogens with zero attached hydrogens (tertiary/aromatic N) is 3. The summed E-state index contributed by atoms with van der Waals surface area (Å²) in [6.45, 7) is 7.33. The van der Waals surface area contributed by atoms with Gasteiger partial charge in [-0.1, -0.05) is 51.8 Å². The van der Waals surface area contributed by atoms with Crippen LogP contribution in [0.15, 0.2) is 53.6 Å². The monoisotopic (exact) mass is 832 g/mol. The van der Waals surface area contributed by atoms with Gasteiger partial charge in [-0.25, -0.2) is 26.1 Å². The molecule has 15 nitrogen and oxygen atoms in total. The van der Waals surface area contributed by atoms with Crippen molar-refractivity contribution in [3.8, 4) is 11.6 Å². The maximum Gasteiger partial charge on any atom is 0.259 e. The molecule has 0 radical (unpaired) electrons. The zero-order valence-corrected chi connectivity index (χ0v) is 34.8. The number of sulfonamides is 2. The van der Waals surface area contributed by atoms with Gasteiger partial charge < -0.3 is 25.0 Å². The van der Waals surface area contributed by atoms with Crippen molar-refractivity contribution in [2.24, 2.45) is 11.3 Å². The Morgan fingerprint density at radius 3 is 2.39 bits per heavy atom. The summed E-state index contributed by atoms with van der Waals surface area (Å²) in [6, 6.07) is 9.19. The second kappa shape index (κ2) is 15.3. The topological polar surface area (TPSA) is 193 Å². The average molecular weight is 833 g/mol. The van der Waals surface area contributed by atoms with Gasteiger partial charge >= 0.3 is 0 Å². The van der Waals surface area contributed by atoms with Crippen LogP contribution in [-0.4, -0.2) is 105 Å². The van der Waals surface area contributed by atoms with Crippen LogP contribution in [0.5, 0.6) is 11.6 Å². The molecule has 2 heterocycles. The average Bonchev–Trinajstić information content (AvgIpc) is 4.07. The highest BCUT2D eigenvalue weighted by molar-refractivity contribution is 7.91. The van der Waals surface area contributed by atoms with Crippen LogP contribution in [0, 0.1) is 11.3 Å². The summed E-state index contributed by atoms with van der Waals surface area (Å²) in [7, 11) is -3.31. The largest absolute Gasteiger partial charge is 0.494 e. The Balaban J connectivity index is 1.33. The Morgan fingerprint density at radius 1 is 1.07 bits per heavy atom. The molecule has 2 aliphatic carbocycles. The van der Waals surface area contributed by atoms with Crippen LogP contribution < -0.4 is 24.8 Å². The summed E-state index contributed by atoms with van der Waals surface area (Å²) < 4.78 is 66.7. The van der Waals surface area contributed by atoms with Crippen LogP contribution in [0.1, 0.15) is 59.8 Å². The quantitative estimate of drug-likeness (QED) is 0.213. The smallest absolute Gasteiger partial charge is 0.259 e. The number of pyridine rings is 1. The first kappa shape index (κ1) is 41.4. The van der Waals surface area contributed by atoms with Gasteiger partial charge in [0.15, 0.2) is 0 Å². The summed E-state index contributed by atoms with van der Waals surface area (Å²) in [5, 5.41) is 7.14. The Morgan fingerprint density at radius 2 is 1.79 bits per heavy atom. The molecule has 56 heavy (non-hydrogen) atoms. The van der Waals surface area contributed by atoms with E-state index in [4.69, 9.17) is 21.1 Å². The summed E-state index contributed by atoms with van der Waals surface area (Å²) >= 11 is 6.36. The van der Waals surface area contributed by atoms with Crippen molar-refractivity contribution in [3.63, 3.8) is 0 Å². The molecule has 304 valence electrons. The van der Waals surface area contributed by atoms with Crippen molar-refractivity contribution in [1.29, 1.82) is 0 Å². The fraction of sp³-hybridized carbons (Fsp3) is 0.526. The van der Waals surface area contributed by atoms with Crippen molar-refractivity contribution in [2.45, 2.75) is 93.7 Å². The second-order valence-corrected chi connectivity index (χ2v) is 20.6. The molecule has 3 aromatic rings. The number of carbonyl (C=O) groups is 3. The number of nitrogens with one attached hydrogen (secondary N) is 3. The number of benzene rings is 2. The zero-order chi connectivity index (χ0) is 41.0. The molecule has 5 atom stereocenters. The van der Waals surface area contributed by atoms with Crippen LogP contribution in [0.2, 0.25) is 5.02 Å². The normalized spacial score (nSPS) is 23.1. The molecular weight excluding hydrogens is 784 g/mol. The van der Waals surface area contributed by atoms with Crippen molar-refractivity contribution in [2.75, 3.05) is 33.1 Å². The molecule has 1 saturated heterocycles. The minimum Gasteiger partial charge on any atom is -0.494 e. The van der Waals surface area contributed by atoms with Crippen molar-refractivity contribution in [3.05, 3.63) is 53.7 Å². The molecule has 2 aromatic carbocycles. The van der Waals surface area contributed by atoms with Gasteiger partial charge in [0.1, 0.15) is 29.5 Å². The molecule has 6 rings (SSSR count). The number of halogens is 1. The number of methoxy groups -OCH3 is 1. The molecular formula is C38H49ClN6O9S2.